The first-order valence-electron chi connectivity index (χ1n) is 8.36. The van der Waals surface area contributed by atoms with Crippen molar-refractivity contribution in [2.45, 2.75) is 75.1 Å². The van der Waals surface area contributed by atoms with Gasteiger partial charge in [0.05, 0.1) is 17.3 Å². The van der Waals surface area contributed by atoms with Crippen LogP contribution in [-0.4, -0.2) is 42.0 Å². The standard InChI is InChI=1S/C16H29NO2S/c17-12-15(6-3-1-2-4-7-15)19-14-5-9-18-16(11-14)8-10-20-13-16/h14H,1-13,17H2. The third-order valence-corrected chi connectivity index (χ3v) is 6.54. The van der Waals surface area contributed by atoms with E-state index in [-0.39, 0.29) is 11.2 Å². The second-order valence-corrected chi connectivity index (χ2v) is 7.97. The van der Waals surface area contributed by atoms with Gasteiger partial charge in [0.2, 0.25) is 0 Å². The summed E-state index contributed by atoms with van der Waals surface area (Å²) in [5.41, 5.74) is 6.19. The summed E-state index contributed by atoms with van der Waals surface area (Å²) in [4.78, 5) is 0. The van der Waals surface area contributed by atoms with Crippen LogP contribution in [0.15, 0.2) is 0 Å². The zero-order valence-electron chi connectivity index (χ0n) is 12.6. The van der Waals surface area contributed by atoms with Gasteiger partial charge in [-0.3, -0.25) is 0 Å². The van der Waals surface area contributed by atoms with Crippen molar-refractivity contribution in [3.05, 3.63) is 0 Å². The van der Waals surface area contributed by atoms with E-state index in [1.165, 1.54) is 37.9 Å². The summed E-state index contributed by atoms with van der Waals surface area (Å²) in [6.45, 7) is 1.55. The van der Waals surface area contributed by atoms with E-state index < -0.39 is 0 Å². The summed E-state index contributed by atoms with van der Waals surface area (Å²) in [6, 6.07) is 0. The molecular weight excluding hydrogens is 270 g/mol. The number of thioether (sulfide) groups is 1. The molecule has 2 saturated heterocycles. The highest BCUT2D eigenvalue weighted by Gasteiger charge is 2.43. The Hall–Kier alpha value is 0.230. The first-order chi connectivity index (χ1) is 9.76. The average Bonchev–Trinajstić information content (AvgIpc) is 2.77. The van der Waals surface area contributed by atoms with E-state index in [2.05, 4.69) is 0 Å². The van der Waals surface area contributed by atoms with E-state index in [1.807, 2.05) is 11.8 Å². The molecule has 2 atom stereocenters. The molecule has 3 rings (SSSR count). The molecule has 0 bridgehead atoms. The van der Waals surface area contributed by atoms with Crippen LogP contribution in [0, 0.1) is 0 Å². The Balaban J connectivity index is 1.62. The van der Waals surface area contributed by atoms with E-state index in [9.17, 15) is 0 Å². The molecule has 0 radical (unpaired) electrons. The highest BCUT2D eigenvalue weighted by Crippen LogP contribution is 2.41. The van der Waals surface area contributed by atoms with Crippen molar-refractivity contribution in [1.82, 2.24) is 0 Å². The van der Waals surface area contributed by atoms with Crippen molar-refractivity contribution in [2.75, 3.05) is 24.7 Å². The Morgan fingerprint density at radius 3 is 2.60 bits per heavy atom. The molecule has 3 fully saturated rings. The van der Waals surface area contributed by atoms with Crippen molar-refractivity contribution >= 4 is 11.8 Å². The molecule has 20 heavy (non-hydrogen) atoms. The number of hydrogen-bond acceptors (Lipinski definition) is 4. The predicted molar refractivity (Wildman–Crippen MR) is 84.2 cm³/mol. The molecule has 2 heterocycles. The van der Waals surface area contributed by atoms with Gasteiger partial charge in [0.15, 0.2) is 0 Å². The molecule has 3 nitrogen and oxygen atoms in total. The topological polar surface area (TPSA) is 44.5 Å². The molecule has 2 unspecified atom stereocenters. The summed E-state index contributed by atoms with van der Waals surface area (Å²) in [5.74, 6) is 2.40. The summed E-state index contributed by atoms with van der Waals surface area (Å²) in [5, 5.41) is 0. The molecule has 1 aliphatic carbocycles. The first-order valence-corrected chi connectivity index (χ1v) is 9.51. The Bertz CT molecular complexity index is 310. The predicted octanol–water partition coefficient (Wildman–Crippen LogP) is 3.11. The fraction of sp³-hybridized carbons (Fsp3) is 1.00. The van der Waals surface area contributed by atoms with Crippen LogP contribution in [0.5, 0.6) is 0 Å². The van der Waals surface area contributed by atoms with Crippen LogP contribution in [0.1, 0.15) is 57.8 Å². The molecule has 4 heteroatoms. The summed E-state index contributed by atoms with van der Waals surface area (Å²) in [7, 11) is 0. The molecule has 0 amide bonds. The van der Waals surface area contributed by atoms with Gasteiger partial charge in [0, 0.05) is 25.3 Å². The number of rotatable bonds is 3. The van der Waals surface area contributed by atoms with Crippen LogP contribution in [-0.2, 0) is 9.47 Å². The lowest BCUT2D eigenvalue weighted by atomic mass is 9.89. The van der Waals surface area contributed by atoms with Crippen molar-refractivity contribution in [3.63, 3.8) is 0 Å². The summed E-state index contributed by atoms with van der Waals surface area (Å²) < 4.78 is 12.7. The molecule has 116 valence electrons. The van der Waals surface area contributed by atoms with Crippen molar-refractivity contribution in [2.24, 2.45) is 5.73 Å². The van der Waals surface area contributed by atoms with Crippen molar-refractivity contribution in [3.8, 4) is 0 Å². The van der Waals surface area contributed by atoms with E-state index >= 15 is 0 Å². The van der Waals surface area contributed by atoms with Gasteiger partial charge in [0.25, 0.3) is 0 Å². The highest BCUT2D eigenvalue weighted by molar-refractivity contribution is 7.99. The van der Waals surface area contributed by atoms with E-state index in [0.29, 0.717) is 12.6 Å². The van der Waals surface area contributed by atoms with E-state index in [4.69, 9.17) is 15.2 Å². The van der Waals surface area contributed by atoms with Crippen LogP contribution in [0.4, 0.5) is 0 Å². The molecule has 3 aliphatic rings. The Labute approximate surface area is 127 Å². The van der Waals surface area contributed by atoms with Crippen LogP contribution in [0.3, 0.4) is 0 Å². The zero-order valence-corrected chi connectivity index (χ0v) is 13.4. The highest BCUT2D eigenvalue weighted by atomic mass is 32.2. The molecule has 1 spiro atoms. The maximum absolute atomic E-state index is 6.62. The van der Waals surface area contributed by atoms with Gasteiger partial charge in [-0.25, -0.2) is 0 Å². The quantitative estimate of drug-likeness (QED) is 0.813. The van der Waals surface area contributed by atoms with Gasteiger partial charge >= 0.3 is 0 Å². The van der Waals surface area contributed by atoms with Crippen LogP contribution in [0.2, 0.25) is 0 Å². The van der Waals surface area contributed by atoms with Crippen LogP contribution < -0.4 is 5.73 Å². The molecule has 2 aliphatic heterocycles. The van der Waals surface area contributed by atoms with Gasteiger partial charge in [-0.05, 0) is 31.4 Å². The summed E-state index contributed by atoms with van der Waals surface area (Å²) in [6.07, 6.45) is 11.3. The van der Waals surface area contributed by atoms with Gasteiger partial charge in [-0.2, -0.15) is 11.8 Å². The maximum atomic E-state index is 6.62. The molecule has 0 aromatic rings. The monoisotopic (exact) mass is 299 g/mol. The third kappa shape index (κ3) is 3.34. The first kappa shape index (κ1) is 15.1. The van der Waals surface area contributed by atoms with Gasteiger partial charge in [-0.15, -0.1) is 0 Å². The van der Waals surface area contributed by atoms with Gasteiger partial charge in [-0.1, -0.05) is 25.7 Å². The van der Waals surface area contributed by atoms with E-state index in [0.717, 1.165) is 38.0 Å². The Kier molecular flexibility index (Phi) is 4.96. The SMILES string of the molecule is NCC1(OC2CCOC3(CCSC3)C2)CCCCCC1. The zero-order chi connectivity index (χ0) is 13.9. The average molecular weight is 299 g/mol. The maximum Gasteiger partial charge on any atom is 0.0807 e. The number of nitrogens with two attached hydrogens (primary N) is 1. The fourth-order valence-corrected chi connectivity index (χ4v) is 5.42. The third-order valence-electron chi connectivity index (χ3n) is 5.32. The second kappa shape index (κ2) is 6.55. The normalized spacial score (nSPS) is 38.0. The lowest BCUT2D eigenvalue weighted by molar-refractivity contribution is -0.168. The van der Waals surface area contributed by atoms with E-state index in [1.54, 1.807) is 0 Å². The lowest BCUT2D eigenvalue weighted by Gasteiger charge is -2.42. The minimum Gasteiger partial charge on any atom is -0.374 e. The van der Waals surface area contributed by atoms with Crippen LogP contribution in [0.25, 0.3) is 0 Å². The van der Waals surface area contributed by atoms with Gasteiger partial charge < -0.3 is 15.2 Å². The smallest absolute Gasteiger partial charge is 0.0807 e. The molecule has 0 aromatic heterocycles. The molecular formula is C16H29NO2S. The minimum atomic E-state index is -0.0363. The van der Waals surface area contributed by atoms with Crippen molar-refractivity contribution in [1.29, 1.82) is 0 Å². The number of ether oxygens (including phenoxy) is 2. The van der Waals surface area contributed by atoms with Gasteiger partial charge in [0.1, 0.15) is 0 Å². The second-order valence-electron chi connectivity index (χ2n) is 6.87. The summed E-state index contributed by atoms with van der Waals surface area (Å²) >= 11 is 2.03. The molecule has 2 N–H and O–H groups in total. The molecule has 0 aromatic carbocycles. The fourth-order valence-electron chi connectivity index (χ4n) is 4.04. The lowest BCUT2D eigenvalue weighted by Crippen LogP contribution is -2.49. The minimum absolute atomic E-state index is 0.0363. The molecule has 1 saturated carbocycles. The Morgan fingerprint density at radius 1 is 1.15 bits per heavy atom. The van der Waals surface area contributed by atoms with Crippen molar-refractivity contribution < 1.29 is 9.47 Å². The number of hydrogen-bond donors (Lipinski definition) is 1. The Morgan fingerprint density at radius 2 is 1.95 bits per heavy atom. The van der Waals surface area contributed by atoms with Crippen LogP contribution >= 0.6 is 11.8 Å². The largest absolute Gasteiger partial charge is 0.374 e.